The molecule has 4 heteroatoms. The molecule has 0 unspecified atom stereocenters. The van der Waals surface area contributed by atoms with Crippen LogP contribution >= 0.6 is 0 Å². The molecule has 0 aromatic heterocycles. The lowest BCUT2D eigenvalue weighted by Gasteiger charge is -2.29. The third-order valence-corrected chi connectivity index (χ3v) is 10.5. The Morgan fingerprint density at radius 2 is 0.660 bits per heavy atom. The predicted octanol–water partition coefficient (Wildman–Crippen LogP) is 14.5. The fourth-order valence-corrected chi connectivity index (χ4v) is 7.28. The summed E-state index contributed by atoms with van der Waals surface area (Å²) in [5.41, 5.74) is 0. The van der Waals surface area contributed by atoms with E-state index in [0.717, 1.165) is 51.4 Å². The molecule has 0 bridgehead atoms. The Bertz CT molecular complexity index is 623. The van der Waals surface area contributed by atoms with E-state index in [9.17, 15) is 9.59 Å². The quantitative estimate of drug-likeness (QED) is 0.0385. The van der Waals surface area contributed by atoms with Crippen molar-refractivity contribution >= 4 is 11.9 Å². The molecular weight excluding hydrogens is 580 g/mol. The Labute approximate surface area is 294 Å². The van der Waals surface area contributed by atoms with Crippen molar-refractivity contribution in [2.24, 2.45) is 5.92 Å². The molecule has 0 aromatic rings. The van der Waals surface area contributed by atoms with Crippen LogP contribution in [0.4, 0.5) is 0 Å². The second kappa shape index (κ2) is 34.8. The molecule has 0 saturated heterocycles. The number of hydrogen-bond donors (Lipinski definition) is 0. The van der Waals surface area contributed by atoms with Crippen LogP contribution in [0.25, 0.3) is 0 Å². The number of carbonyl (C=O) groups is 2. The average Bonchev–Trinajstić information content (AvgIpc) is 3.08. The van der Waals surface area contributed by atoms with Crippen LogP contribution in [0.2, 0.25) is 0 Å². The Morgan fingerprint density at radius 3 is 0.936 bits per heavy atom. The van der Waals surface area contributed by atoms with Crippen molar-refractivity contribution in [3.63, 3.8) is 0 Å². The maximum absolute atomic E-state index is 12.7. The minimum Gasteiger partial charge on any atom is -0.425 e. The molecule has 0 radical (unpaired) electrons. The van der Waals surface area contributed by atoms with Gasteiger partial charge < -0.3 is 9.47 Å². The lowest BCUT2D eigenvalue weighted by Crippen LogP contribution is -2.33. The van der Waals surface area contributed by atoms with Gasteiger partial charge in [0.1, 0.15) is 0 Å². The largest absolute Gasteiger partial charge is 0.425 e. The first kappa shape index (κ1) is 44.0. The Balaban J connectivity index is 2.05. The Hall–Kier alpha value is -1.06. The van der Waals surface area contributed by atoms with Gasteiger partial charge in [0.2, 0.25) is 6.29 Å². The van der Waals surface area contributed by atoms with E-state index in [2.05, 4.69) is 13.8 Å². The van der Waals surface area contributed by atoms with Crippen LogP contribution in [0.3, 0.4) is 0 Å². The summed E-state index contributed by atoms with van der Waals surface area (Å²) in [6, 6.07) is 0. The average molecular weight is 663 g/mol. The van der Waals surface area contributed by atoms with Crippen LogP contribution in [0.1, 0.15) is 251 Å². The van der Waals surface area contributed by atoms with Crippen molar-refractivity contribution in [3.8, 4) is 0 Å². The number of ether oxygens (including phenoxy) is 2. The summed E-state index contributed by atoms with van der Waals surface area (Å²) in [4.78, 5) is 25.4. The van der Waals surface area contributed by atoms with Gasteiger partial charge in [-0.25, -0.2) is 0 Å². The van der Waals surface area contributed by atoms with E-state index in [1.807, 2.05) is 0 Å². The Morgan fingerprint density at radius 1 is 0.404 bits per heavy atom. The standard InChI is InChI=1S/C43H82O4/c1-3-5-7-9-11-13-15-17-19-21-23-25-27-29-34-38-41(44)46-43(40-36-32-31-33-37-40)47-42(45)39-35-30-28-26-24-22-20-18-16-14-12-10-8-6-4-2/h40,43H,3-39H2,1-2H3. The van der Waals surface area contributed by atoms with Gasteiger partial charge in [0, 0.05) is 18.8 Å². The molecule has 1 aliphatic carbocycles. The molecule has 0 heterocycles. The fraction of sp³-hybridized carbons (Fsp3) is 0.953. The van der Waals surface area contributed by atoms with Crippen molar-refractivity contribution in [1.29, 1.82) is 0 Å². The molecule has 0 spiro atoms. The minimum atomic E-state index is -0.678. The molecule has 4 nitrogen and oxygen atoms in total. The molecule has 278 valence electrons. The van der Waals surface area contributed by atoms with Gasteiger partial charge in [-0.1, -0.05) is 213 Å². The van der Waals surface area contributed by atoms with Crippen molar-refractivity contribution in [2.45, 2.75) is 258 Å². The van der Waals surface area contributed by atoms with Gasteiger partial charge in [-0.3, -0.25) is 9.59 Å². The molecule has 0 aliphatic heterocycles. The third-order valence-electron chi connectivity index (χ3n) is 10.5. The van der Waals surface area contributed by atoms with Gasteiger partial charge in [-0.2, -0.15) is 0 Å². The summed E-state index contributed by atoms with van der Waals surface area (Å²) in [5.74, 6) is -0.205. The number of unbranched alkanes of at least 4 members (excludes halogenated alkanes) is 28. The topological polar surface area (TPSA) is 52.6 Å². The zero-order chi connectivity index (χ0) is 33.9. The predicted molar refractivity (Wildman–Crippen MR) is 202 cm³/mol. The summed E-state index contributed by atoms with van der Waals surface area (Å²) < 4.78 is 11.7. The molecule has 0 amide bonds. The first-order valence-corrected chi connectivity index (χ1v) is 21.6. The van der Waals surface area contributed by atoms with E-state index in [0.29, 0.717) is 12.8 Å². The summed E-state index contributed by atoms with van der Waals surface area (Å²) in [6.07, 6.45) is 45.1. The van der Waals surface area contributed by atoms with Gasteiger partial charge >= 0.3 is 11.9 Å². The SMILES string of the molecule is CCCCCCCCCCCCCCCCCC(=O)OC(OC(=O)CCCCCCCCCCCCCCCCC)C1CCCCC1. The van der Waals surface area contributed by atoms with Crippen LogP contribution in [0, 0.1) is 5.92 Å². The summed E-state index contributed by atoms with van der Waals surface area (Å²) in [5, 5.41) is 0. The van der Waals surface area contributed by atoms with Gasteiger partial charge in [0.25, 0.3) is 0 Å². The summed E-state index contributed by atoms with van der Waals surface area (Å²) in [6.45, 7) is 4.56. The Kier molecular flexibility index (Phi) is 32.5. The second-order valence-corrected chi connectivity index (χ2v) is 15.1. The minimum absolute atomic E-state index is 0.166. The van der Waals surface area contributed by atoms with E-state index in [1.165, 1.54) is 173 Å². The van der Waals surface area contributed by atoms with Crippen LogP contribution in [-0.4, -0.2) is 18.2 Å². The van der Waals surface area contributed by atoms with Crippen LogP contribution in [0.15, 0.2) is 0 Å². The normalized spacial score (nSPS) is 13.8. The van der Waals surface area contributed by atoms with Crippen molar-refractivity contribution in [3.05, 3.63) is 0 Å². The monoisotopic (exact) mass is 663 g/mol. The van der Waals surface area contributed by atoms with E-state index >= 15 is 0 Å². The zero-order valence-electron chi connectivity index (χ0n) is 32.0. The molecule has 47 heavy (non-hydrogen) atoms. The van der Waals surface area contributed by atoms with E-state index in [4.69, 9.17) is 9.47 Å². The van der Waals surface area contributed by atoms with Gasteiger partial charge in [0.15, 0.2) is 0 Å². The highest BCUT2D eigenvalue weighted by atomic mass is 16.7. The number of carbonyl (C=O) groups excluding carboxylic acids is 2. The zero-order valence-corrected chi connectivity index (χ0v) is 32.0. The summed E-state index contributed by atoms with van der Waals surface area (Å²) >= 11 is 0. The highest BCUT2D eigenvalue weighted by molar-refractivity contribution is 5.71. The molecule has 1 fully saturated rings. The number of rotatable bonds is 35. The second-order valence-electron chi connectivity index (χ2n) is 15.1. The smallest absolute Gasteiger partial charge is 0.308 e. The molecule has 1 rings (SSSR count). The van der Waals surface area contributed by atoms with Crippen LogP contribution in [0.5, 0.6) is 0 Å². The van der Waals surface area contributed by atoms with Gasteiger partial charge in [-0.05, 0) is 25.7 Å². The molecular formula is C43H82O4. The maximum Gasteiger partial charge on any atom is 0.308 e. The van der Waals surface area contributed by atoms with Crippen LogP contribution in [-0.2, 0) is 19.1 Å². The van der Waals surface area contributed by atoms with Crippen molar-refractivity contribution in [1.82, 2.24) is 0 Å². The third kappa shape index (κ3) is 29.6. The van der Waals surface area contributed by atoms with E-state index in [-0.39, 0.29) is 17.9 Å². The van der Waals surface area contributed by atoms with E-state index in [1.54, 1.807) is 0 Å². The molecule has 0 atom stereocenters. The highest BCUT2D eigenvalue weighted by Gasteiger charge is 2.30. The number of hydrogen-bond acceptors (Lipinski definition) is 4. The van der Waals surface area contributed by atoms with Crippen molar-refractivity contribution < 1.29 is 19.1 Å². The van der Waals surface area contributed by atoms with Gasteiger partial charge in [0.05, 0.1) is 0 Å². The van der Waals surface area contributed by atoms with E-state index < -0.39 is 6.29 Å². The molecule has 1 saturated carbocycles. The van der Waals surface area contributed by atoms with Crippen molar-refractivity contribution in [2.75, 3.05) is 0 Å². The fourth-order valence-electron chi connectivity index (χ4n) is 7.28. The first-order valence-electron chi connectivity index (χ1n) is 21.6. The molecule has 1 aliphatic rings. The molecule has 0 aromatic carbocycles. The lowest BCUT2D eigenvalue weighted by molar-refractivity contribution is -0.200. The van der Waals surface area contributed by atoms with Gasteiger partial charge in [-0.15, -0.1) is 0 Å². The summed E-state index contributed by atoms with van der Waals surface area (Å²) in [7, 11) is 0. The first-order chi connectivity index (χ1) is 23.2. The number of esters is 2. The highest BCUT2D eigenvalue weighted by Crippen LogP contribution is 2.29. The maximum atomic E-state index is 12.7. The van der Waals surface area contributed by atoms with Crippen LogP contribution < -0.4 is 0 Å². The lowest BCUT2D eigenvalue weighted by atomic mass is 9.89. The molecule has 0 N–H and O–H groups in total.